The number of hydrogen-bond donors (Lipinski definition) is 4. The van der Waals surface area contributed by atoms with Gasteiger partial charge in [-0.2, -0.15) is 0 Å². The van der Waals surface area contributed by atoms with Crippen LogP contribution in [0.4, 0.5) is 0 Å². The Kier molecular flexibility index (Phi) is 8.84. The number of morpholine rings is 1. The maximum absolute atomic E-state index is 13.4. The lowest BCUT2D eigenvalue weighted by Gasteiger charge is -2.33. The number of rotatable bonds is 8. The molecule has 3 aliphatic rings. The highest BCUT2D eigenvalue weighted by molar-refractivity contribution is 5.92. The summed E-state index contributed by atoms with van der Waals surface area (Å²) < 4.78 is 5.38. The molecular formula is C23H36N4O5. The van der Waals surface area contributed by atoms with Crippen molar-refractivity contribution in [3.63, 3.8) is 0 Å². The SMILES string of the molecule is CC(C)C[C@@H](C(=O)N[C@H]1CC2=C(CCC=C2)CNC1=O)[C@H](CN1CCOCC1)C(=O)NO. The number of nitrogens with one attached hydrogen (secondary N) is 3. The third-order valence-electron chi connectivity index (χ3n) is 6.47. The normalized spacial score (nSPS) is 23.8. The summed E-state index contributed by atoms with van der Waals surface area (Å²) >= 11 is 0. The second-order valence-corrected chi connectivity index (χ2v) is 9.28. The molecule has 9 heteroatoms. The van der Waals surface area contributed by atoms with Gasteiger partial charge in [0.15, 0.2) is 0 Å². The second kappa shape index (κ2) is 11.6. The molecule has 0 radical (unpaired) electrons. The highest BCUT2D eigenvalue weighted by Gasteiger charge is 2.38. The van der Waals surface area contributed by atoms with Gasteiger partial charge in [0.25, 0.3) is 0 Å². The molecule has 0 bridgehead atoms. The Morgan fingerprint density at radius 1 is 1.25 bits per heavy atom. The zero-order valence-corrected chi connectivity index (χ0v) is 19.1. The van der Waals surface area contributed by atoms with Gasteiger partial charge in [-0.1, -0.05) is 26.0 Å². The fraction of sp³-hybridized carbons (Fsp3) is 0.696. The van der Waals surface area contributed by atoms with Crippen LogP contribution in [-0.2, 0) is 19.1 Å². The van der Waals surface area contributed by atoms with E-state index in [1.165, 1.54) is 5.57 Å². The third-order valence-corrected chi connectivity index (χ3v) is 6.47. The zero-order valence-electron chi connectivity index (χ0n) is 19.1. The van der Waals surface area contributed by atoms with Crippen LogP contribution in [0.5, 0.6) is 0 Å². The van der Waals surface area contributed by atoms with Gasteiger partial charge in [-0.15, -0.1) is 0 Å². The van der Waals surface area contributed by atoms with Crippen LogP contribution >= 0.6 is 0 Å². The van der Waals surface area contributed by atoms with E-state index < -0.39 is 23.8 Å². The Hall–Kier alpha value is -2.23. The summed E-state index contributed by atoms with van der Waals surface area (Å²) in [5.74, 6) is -2.37. The lowest BCUT2D eigenvalue weighted by atomic mass is 9.83. The Morgan fingerprint density at radius 3 is 2.69 bits per heavy atom. The molecule has 0 unspecified atom stereocenters. The molecule has 3 atom stereocenters. The lowest BCUT2D eigenvalue weighted by Crippen LogP contribution is -2.53. The summed E-state index contributed by atoms with van der Waals surface area (Å²) in [4.78, 5) is 40.8. The number of carbonyl (C=O) groups excluding carboxylic acids is 3. The van der Waals surface area contributed by atoms with Crippen molar-refractivity contribution in [3.8, 4) is 0 Å². The highest BCUT2D eigenvalue weighted by Crippen LogP contribution is 2.27. The Morgan fingerprint density at radius 2 is 2.00 bits per heavy atom. The topological polar surface area (TPSA) is 120 Å². The summed E-state index contributed by atoms with van der Waals surface area (Å²) in [6, 6.07) is -0.686. The minimum atomic E-state index is -0.737. The monoisotopic (exact) mass is 448 g/mol. The summed E-state index contributed by atoms with van der Waals surface area (Å²) in [6.45, 7) is 7.31. The van der Waals surface area contributed by atoms with Gasteiger partial charge in [0.2, 0.25) is 17.7 Å². The van der Waals surface area contributed by atoms with E-state index in [0.717, 1.165) is 18.4 Å². The molecule has 1 fully saturated rings. The first-order chi connectivity index (χ1) is 15.4. The second-order valence-electron chi connectivity index (χ2n) is 9.28. The molecular weight excluding hydrogens is 412 g/mol. The standard InChI is InChI=1S/C23H36N4O5/c1-15(2)11-18(19(22(29)26-31)14-27-7-9-32-10-8-27)21(28)25-20-12-16-5-3-4-6-17(16)13-24-23(20)30/h3,5,15,18-20,31H,4,6-14H2,1-2H3,(H,24,30)(H,25,28)(H,26,29)/t18-,19+,20+/m1/s1. The molecule has 3 rings (SSSR count). The van der Waals surface area contributed by atoms with E-state index >= 15 is 0 Å². The minimum Gasteiger partial charge on any atom is -0.379 e. The average molecular weight is 449 g/mol. The molecule has 2 aliphatic heterocycles. The Labute approximate surface area is 189 Å². The van der Waals surface area contributed by atoms with E-state index in [0.29, 0.717) is 52.2 Å². The van der Waals surface area contributed by atoms with Gasteiger partial charge in [0.1, 0.15) is 6.04 Å². The molecule has 0 saturated carbocycles. The molecule has 0 spiro atoms. The third kappa shape index (κ3) is 6.40. The van der Waals surface area contributed by atoms with E-state index in [1.54, 1.807) is 5.48 Å². The summed E-state index contributed by atoms with van der Waals surface area (Å²) in [7, 11) is 0. The number of hydrogen-bond acceptors (Lipinski definition) is 6. The Bertz CT molecular complexity index is 757. The van der Waals surface area contributed by atoms with Crippen LogP contribution in [-0.4, -0.2) is 73.3 Å². The van der Waals surface area contributed by atoms with Crippen LogP contribution in [0.1, 0.15) is 39.5 Å². The smallest absolute Gasteiger partial charge is 0.248 e. The number of allylic oxidation sites excluding steroid dienone is 2. The first-order valence-electron chi connectivity index (χ1n) is 11.6. The maximum atomic E-state index is 13.4. The van der Waals surface area contributed by atoms with Gasteiger partial charge in [0, 0.05) is 32.6 Å². The minimum absolute atomic E-state index is 0.156. The van der Waals surface area contributed by atoms with Crippen LogP contribution in [0.25, 0.3) is 0 Å². The number of carbonyl (C=O) groups is 3. The van der Waals surface area contributed by atoms with E-state index in [4.69, 9.17) is 4.74 Å². The van der Waals surface area contributed by atoms with Gasteiger partial charge in [-0.3, -0.25) is 24.5 Å². The molecule has 178 valence electrons. The Balaban J connectivity index is 1.77. The summed E-state index contributed by atoms with van der Waals surface area (Å²) in [6.07, 6.45) is 6.93. The quantitative estimate of drug-likeness (QED) is 0.321. The predicted octanol–water partition coefficient (Wildman–Crippen LogP) is 0.754. The fourth-order valence-corrected chi connectivity index (χ4v) is 4.70. The summed E-state index contributed by atoms with van der Waals surface area (Å²) in [5.41, 5.74) is 4.06. The molecule has 0 aromatic heterocycles. The van der Waals surface area contributed by atoms with E-state index in [-0.39, 0.29) is 17.7 Å². The van der Waals surface area contributed by atoms with Crippen molar-refractivity contribution in [2.24, 2.45) is 17.8 Å². The fourth-order valence-electron chi connectivity index (χ4n) is 4.70. The van der Waals surface area contributed by atoms with Crippen LogP contribution in [0.15, 0.2) is 23.3 Å². The largest absolute Gasteiger partial charge is 0.379 e. The molecule has 32 heavy (non-hydrogen) atoms. The first-order valence-corrected chi connectivity index (χ1v) is 11.6. The van der Waals surface area contributed by atoms with Crippen LogP contribution in [0, 0.1) is 17.8 Å². The van der Waals surface area contributed by atoms with Crippen molar-refractivity contribution < 1.29 is 24.3 Å². The molecule has 0 aromatic carbocycles. The van der Waals surface area contributed by atoms with Crippen molar-refractivity contribution in [1.82, 2.24) is 21.0 Å². The number of hydroxylamine groups is 1. The van der Waals surface area contributed by atoms with E-state index in [9.17, 15) is 19.6 Å². The van der Waals surface area contributed by atoms with Crippen molar-refractivity contribution in [3.05, 3.63) is 23.3 Å². The molecule has 1 saturated heterocycles. The van der Waals surface area contributed by atoms with E-state index in [2.05, 4.69) is 21.6 Å². The van der Waals surface area contributed by atoms with Crippen LogP contribution < -0.4 is 16.1 Å². The van der Waals surface area contributed by atoms with Gasteiger partial charge in [-0.25, -0.2) is 5.48 Å². The van der Waals surface area contributed by atoms with E-state index in [1.807, 2.05) is 19.9 Å². The van der Waals surface area contributed by atoms with Crippen molar-refractivity contribution in [2.45, 2.75) is 45.6 Å². The van der Waals surface area contributed by atoms with Gasteiger partial charge < -0.3 is 15.4 Å². The molecule has 0 aromatic rings. The molecule has 1 aliphatic carbocycles. The lowest BCUT2D eigenvalue weighted by molar-refractivity contribution is -0.143. The van der Waals surface area contributed by atoms with Crippen molar-refractivity contribution in [1.29, 1.82) is 0 Å². The van der Waals surface area contributed by atoms with Crippen molar-refractivity contribution >= 4 is 17.7 Å². The highest BCUT2D eigenvalue weighted by atomic mass is 16.5. The van der Waals surface area contributed by atoms with Crippen LogP contribution in [0.3, 0.4) is 0 Å². The first kappa shape index (κ1) is 24.4. The maximum Gasteiger partial charge on any atom is 0.248 e. The number of ether oxygens (including phenoxy) is 1. The van der Waals surface area contributed by atoms with Crippen molar-refractivity contribution in [2.75, 3.05) is 39.4 Å². The van der Waals surface area contributed by atoms with Gasteiger partial charge in [-0.05, 0) is 36.3 Å². The molecule has 9 nitrogen and oxygen atoms in total. The number of nitrogens with zero attached hydrogens (tertiary/aromatic N) is 1. The van der Waals surface area contributed by atoms with Gasteiger partial charge in [0.05, 0.1) is 25.0 Å². The summed E-state index contributed by atoms with van der Waals surface area (Å²) in [5, 5.41) is 15.2. The predicted molar refractivity (Wildman–Crippen MR) is 119 cm³/mol. The zero-order chi connectivity index (χ0) is 23.1. The number of amides is 3. The molecule has 2 heterocycles. The molecule has 3 amide bonds. The average Bonchev–Trinajstić information content (AvgIpc) is 2.95. The van der Waals surface area contributed by atoms with Gasteiger partial charge >= 0.3 is 0 Å². The molecule has 4 N–H and O–H groups in total. The van der Waals surface area contributed by atoms with Crippen LogP contribution in [0.2, 0.25) is 0 Å².